The lowest BCUT2D eigenvalue weighted by molar-refractivity contribution is -0.122. The molecule has 2 amide bonds. The highest BCUT2D eigenvalue weighted by Gasteiger charge is 2.29. The zero-order valence-electron chi connectivity index (χ0n) is 17.6. The van der Waals surface area contributed by atoms with Gasteiger partial charge in [-0.05, 0) is 67.6 Å². The molecule has 3 aromatic rings. The topological polar surface area (TPSA) is 108 Å². The molecule has 0 saturated carbocycles. The Bertz CT molecular complexity index is 1290. The van der Waals surface area contributed by atoms with E-state index in [4.69, 9.17) is 0 Å². The van der Waals surface area contributed by atoms with Crippen LogP contribution in [0.5, 0.6) is 0 Å². The van der Waals surface area contributed by atoms with Gasteiger partial charge in [0.2, 0.25) is 11.8 Å². The summed E-state index contributed by atoms with van der Waals surface area (Å²) in [6.45, 7) is 1.61. The van der Waals surface area contributed by atoms with Crippen molar-refractivity contribution >= 4 is 44.6 Å². The van der Waals surface area contributed by atoms with Crippen LogP contribution in [0.3, 0.4) is 0 Å². The van der Waals surface area contributed by atoms with Gasteiger partial charge >= 0.3 is 0 Å². The molecule has 3 N–H and O–H groups in total. The van der Waals surface area contributed by atoms with Gasteiger partial charge in [0.25, 0.3) is 10.0 Å². The van der Waals surface area contributed by atoms with Crippen LogP contribution < -0.4 is 20.3 Å². The Morgan fingerprint density at radius 3 is 2.33 bits per heavy atom. The molecule has 170 valence electrons. The molecule has 0 saturated heterocycles. The minimum absolute atomic E-state index is 0.0591. The minimum atomic E-state index is -3.86. The van der Waals surface area contributed by atoms with E-state index >= 15 is 0 Å². The second-order valence-electron chi connectivity index (χ2n) is 7.49. The van der Waals surface area contributed by atoms with Crippen molar-refractivity contribution in [3.63, 3.8) is 0 Å². The lowest BCUT2D eigenvalue weighted by atomic mass is 10.1. The van der Waals surface area contributed by atoms with Gasteiger partial charge in [-0.15, -0.1) is 0 Å². The number of carbonyl (C=O) groups is 2. The van der Waals surface area contributed by atoms with Crippen LogP contribution in [0.4, 0.5) is 27.1 Å². The fourth-order valence-corrected chi connectivity index (χ4v) is 4.50. The summed E-state index contributed by atoms with van der Waals surface area (Å²) in [5.74, 6) is -1.08. The average Bonchev–Trinajstić information content (AvgIpc) is 2.79. The Labute approximate surface area is 190 Å². The first kappa shape index (κ1) is 22.3. The number of fused-ring (bicyclic) bond motifs is 1. The van der Waals surface area contributed by atoms with E-state index in [9.17, 15) is 22.4 Å². The molecule has 0 bridgehead atoms. The molecule has 3 aromatic carbocycles. The summed E-state index contributed by atoms with van der Waals surface area (Å²) in [7, 11) is -3.86. The molecule has 4 rings (SSSR count). The van der Waals surface area contributed by atoms with E-state index in [1.54, 1.807) is 55.5 Å². The highest BCUT2D eigenvalue weighted by molar-refractivity contribution is 7.92. The number of halogens is 1. The molecule has 1 heterocycles. The quantitative estimate of drug-likeness (QED) is 0.514. The maximum atomic E-state index is 13.0. The molecular weight excluding hydrogens is 447 g/mol. The van der Waals surface area contributed by atoms with Gasteiger partial charge < -0.3 is 10.6 Å². The third kappa shape index (κ3) is 4.96. The van der Waals surface area contributed by atoms with Gasteiger partial charge in [0.05, 0.1) is 16.3 Å². The molecule has 0 unspecified atom stereocenters. The standard InChI is InChI=1S/C23H21FN4O4S/c1-15(23(30)28-14-22(29)26-20-4-2-3-5-21(20)28)25-17-8-10-18(11-9-17)27-33(31,32)19-12-6-16(24)7-13-19/h2-13,15,25,27H,14H2,1H3,(H,26,29)/t15-/m1/s1. The van der Waals surface area contributed by atoms with Crippen molar-refractivity contribution in [3.05, 3.63) is 78.6 Å². The van der Waals surface area contributed by atoms with E-state index in [1.807, 2.05) is 0 Å². The molecule has 33 heavy (non-hydrogen) atoms. The van der Waals surface area contributed by atoms with Crippen molar-refractivity contribution in [3.8, 4) is 0 Å². The van der Waals surface area contributed by atoms with E-state index in [1.165, 1.54) is 17.0 Å². The van der Waals surface area contributed by atoms with Crippen LogP contribution in [0.1, 0.15) is 6.92 Å². The predicted octanol–water partition coefficient (Wildman–Crippen LogP) is 3.41. The van der Waals surface area contributed by atoms with Crippen molar-refractivity contribution in [2.45, 2.75) is 17.9 Å². The lowest BCUT2D eigenvalue weighted by Crippen LogP contribution is -2.47. The molecule has 0 aromatic heterocycles. The minimum Gasteiger partial charge on any atom is -0.374 e. The van der Waals surface area contributed by atoms with Gasteiger partial charge in [0.1, 0.15) is 18.4 Å². The third-order valence-electron chi connectivity index (χ3n) is 5.05. The summed E-state index contributed by atoms with van der Waals surface area (Å²) in [6, 6.07) is 17.3. The van der Waals surface area contributed by atoms with Gasteiger partial charge in [-0.25, -0.2) is 12.8 Å². The summed E-state index contributed by atoms with van der Waals surface area (Å²) in [5, 5.41) is 5.82. The van der Waals surface area contributed by atoms with Gasteiger partial charge in [0, 0.05) is 11.4 Å². The highest BCUT2D eigenvalue weighted by Crippen LogP contribution is 2.29. The van der Waals surface area contributed by atoms with Crippen LogP contribution in [-0.2, 0) is 19.6 Å². The van der Waals surface area contributed by atoms with Crippen LogP contribution in [0.2, 0.25) is 0 Å². The fourth-order valence-electron chi connectivity index (χ4n) is 3.44. The zero-order chi connectivity index (χ0) is 23.6. The Kier molecular flexibility index (Phi) is 6.01. The molecule has 1 aliphatic heterocycles. The lowest BCUT2D eigenvalue weighted by Gasteiger charge is -2.31. The van der Waals surface area contributed by atoms with Crippen LogP contribution in [0.15, 0.2) is 77.7 Å². The number of anilines is 4. The van der Waals surface area contributed by atoms with Gasteiger partial charge in [-0.1, -0.05) is 12.1 Å². The van der Waals surface area contributed by atoms with Crippen molar-refractivity contribution in [2.75, 3.05) is 26.8 Å². The molecule has 0 aliphatic carbocycles. The number of carbonyl (C=O) groups excluding carboxylic acids is 2. The van der Waals surface area contributed by atoms with Crippen molar-refractivity contribution < 1.29 is 22.4 Å². The number of rotatable bonds is 6. The summed E-state index contributed by atoms with van der Waals surface area (Å²) < 4.78 is 40.3. The van der Waals surface area contributed by atoms with Gasteiger partial charge in [-0.3, -0.25) is 19.2 Å². The van der Waals surface area contributed by atoms with Gasteiger partial charge in [-0.2, -0.15) is 0 Å². The molecule has 0 radical (unpaired) electrons. The van der Waals surface area contributed by atoms with E-state index in [-0.39, 0.29) is 23.3 Å². The predicted molar refractivity (Wildman–Crippen MR) is 124 cm³/mol. The molecule has 0 fully saturated rings. The largest absolute Gasteiger partial charge is 0.374 e. The first-order chi connectivity index (χ1) is 15.7. The van der Waals surface area contributed by atoms with Crippen LogP contribution in [0, 0.1) is 5.82 Å². The van der Waals surface area contributed by atoms with Gasteiger partial charge in [0.15, 0.2) is 0 Å². The van der Waals surface area contributed by atoms with Crippen LogP contribution >= 0.6 is 0 Å². The molecular formula is C23H21FN4O4S. The summed E-state index contributed by atoms with van der Waals surface area (Å²) in [5.41, 5.74) is 2.11. The maximum absolute atomic E-state index is 13.0. The highest BCUT2D eigenvalue weighted by atomic mass is 32.2. The number of hydrogen-bond donors (Lipinski definition) is 3. The Hall–Kier alpha value is -3.92. The Morgan fingerprint density at radius 1 is 1.00 bits per heavy atom. The van der Waals surface area contributed by atoms with E-state index in [0.717, 1.165) is 12.1 Å². The third-order valence-corrected chi connectivity index (χ3v) is 6.45. The Balaban J connectivity index is 1.43. The number of para-hydroxylation sites is 2. The van der Waals surface area contributed by atoms with Crippen molar-refractivity contribution in [1.82, 2.24) is 0 Å². The van der Waals surface area contributed by atoms with Crippen molar-refractivity contribution in [2.24, 2.45) is 0 Å². The number of nitrogens with one attached hydrogen (secondary N) is 3. The second kappa shape index (κ2) is 8.91. The number of benzene rings is 3. The van der Waals surface area contributed by atoms with Crippen LogP contribution in [-0.4, -0.2) is 32.8 Å². The first-order valence-corrected chi connectivity index (χ1v) is 11.6. The number of hydrogen-bond acceptors (Lipinski definition) is 5. The van der Waals surface area contributed by atoms with E-state index in [2.05, 4.69) is 15.4 Å². The molecule has 1 atom stereocenters. The normalized spacial score (nSPS) is 14.1. The first-order valence-electron chi connectivity index (χ1n) is 10.1. The molecule has 0 spiro atoms. The van der Waals surface area contributed by atoms with Crippen molar-refractivity contribution in [1.29, 1.82) is 0 Å². The smallest absolute Gasteiger partial charge is 0.261 e. The molecule has 10 heteroatoms. The molecule has 1 aliphatic rings. The summed E-state index contributed by atoms with van der Waals surface area (Å²) >= 11 is 0. The van der Waals surface area contributed by atoms with E-state index < -0.39 is 21.9 Å². The SMILES string of the molecule is C[C@@H](Nc1ccc(NS(=O)(=O)c2ccc(F)cc2)cc1)C(=O)N1CC(=O)Nc2ccccc21. The van der Waals surface area contributed by atoms with E-state index in [0.29, 0.717) is 22.7 Å². The Morgan fingerprint density at radius 2 is 1.64 bits per heavy atom. The number of amides is 2. The number of sulfonamides is 1. The number of nitrogens with zero attached hydrogens (tertiary/aromatic N) is 1. The summed E-state index contributed by atoms with van der Waals surface area (Å²) in [4.78, 5) is 26.4. The fraction of sp³-hybridized carbons (Fsp3) is 0.130. The average molecular weight is 469 g/mol. The zero-order valence-corrected chi connectivity index (χ0v) is 18.4. The molecule has 8 nitrogen and oxygen atoms in total. The maximum Gasteiger partial charge on any atom is 0.261 e. The second-order valence-corrected chi connectivity index (χ2v) is 9.17. The monoisotopic (exact) mass is 468 g/mol. The van der Waals surface area contributed by atoms with Crippen LogP contribution in [0.25, 0.3) is 0 Å². The summed E-state index contributed by atoms with van der Waals surface area (Å²) in [6.07, 6.45) is 0.